The highest BCUT2D eigenvalue weighted by molar-refractivity contribution is 5.28. The van der Waals surface area contributed by atoms with Gasteiger partial charge in [-0.1, -0.05) is 18.1 Å². The molecule has 0 aliphatic heterocycles. The van der Waals surface area contributed by atoms with Gasteiger partial charge in [0.25, 0.3) is 0 Å². The second kappa shape index (κ2) is 6.48. The third kappa shape index (κ3) is 4.17. The first kappa shape index (κ1) is 11.1. The average Bonchev–Trinajstić information content (AvgIpc) is 2.27. The predicted octanol–water partition coefficient (Wildman–Crippen LogP) is 1.31. The maximum atomic E-state index is 8.36. The Labute approximate surface area is 89.7 Å². The molecule has 0 spiro atoms. The first-order chi connectivity index (χ1) is 7.36. The van der Waals surface area contributed by atoms with E-state index in [0.29, 0.717) is 18.8 Å². The monoisotopic (exact) mass is 200 g/mol. The Kier molecular flexibility index (Phi) is 4.80. The van der Waals surface area contributed by atoms with Crippen molar-refractivity contribution >= 4 is 0 Å². The van der Waals surface area contributed by atoms with Crippen LogP contribution < -0.4 is 10.1 Å². The fraction of sp³-hybridized carbons (Fsp3) is 0.250. The molecule has 0 radical (unpaired) electrons. The number of ether oxygens (including phenoxy) is 1. The molecule has 1 aromatic rings. The minimum atomic E-state index is 0.0707. The van der Waals surface area contributed by atoms with Crippen molar-refractivity contribution in [1.29, 1.82) is 5.26 Å². The molecule has 0 fully saturated rings. The molecular formula is C12H12N2O. The minimum absolute atomic E-state index is 0.0707. The molecular weight excluding hydrogens is 188 g/mol. The first-order valence-corrected chi connectivity index (χ1v) is 4.59. The largest absolute Gasteiger partial charge is 0.479 e. The summed E-state index contributed by atoms with van der Waals surface area (Å²) in [5.41, 5.74) is 1.08. The van der Waals surface area contributed by atoms with E-state index in [4.69, 9.17) is 16.4 Å². The molecule has 0 heterocycles. The fourth-order valence-corrected chi connectivity index (χ4v) is 1.14. The molecule has 0 atom stereocenters. The molecule has 0 aliphatic rings. The van der Waals surface area contributed by atoms with E-state index in [9.17, 15) is 0 Å². The molecule has 0 saturated carbocycles. The second-order valence-corrected chi connectivity index (χ2v) is 2.90. The zero-order valence-electron chi connectivity index (χ0n) is 8.36. The van der Waals surface area contributed by atoms with E-state index in [2.05, 4.69) is 11.2 Å². The van der Waals surface area contributed by atoms with Crippen LogP contribution in [0.4, 0.5) is 0 Å². The van der Waals surface area contributed by atoms with Gasteiger partial charge in [0, 0.05) is 6.54 Å². The maximum absolute atomic E-state index is 8.36. The van der Waals surface area contributed by atoms with Crippen molar-refractivity contribution in [2.24, 2.45) is 0 Å². The van der Waals surface area contributed by atoms with E-state index in [1.54, 1.807) is 0 Å². The molecule has 76 valence electrons. The van der Waals surface area contributed by atoms with Crippen molar-refractivity contribution in [3.63, 3.8) is 0 Å². The summed E-state index contributed by atoms with van der Waals surface area (Å²) >= 11 is 0. The van der Waals surface area contributed by atoms with Gasteiger partial charge in [0.15, 0.2) is 6.61 Å². The van der Waals surface area contributed by atoms with E-state index < -0.39 is 0 Å². The van der Waals surface area contributed by atoms with Crippen LogP contribution in [0.1, 0.15) is 5.56 Å². The summed E-state index contributed by atoms with van der Waals surface area (Å²) in [5.74, 6) is 3.21. The molecule has 0 unspecified atom stereocenters. The van der Waals surface area contributed by atoms with Gasteiger partial charge >= 0.3 is 0 Å². The lowest BCUT2D eigenvalue weighted by atomic mass is 10.2. The summed E-state index contributed by atoms with van der Waals surface area (Å²) in [6.45, 7) is 1.32. The van der Waals surface area contributed by atoms with Crippen molar-refractivity contribution in [2.75, 3.05) is 13.2 Å². The molecule has 3 nitrogen and oxygen atoms in total. The molecule has 0 aliphatic carbocycles. The van der Waals surface area contributed by atoms with Crippen LogP contribution in [0.15, 0.2) is 24.3 Å². The third-order valence-electron chi connectivity index (χ3n) is 1.76. The zero-order valence-corrected chi connectivity index (χ0v) is 8.36. The Bertz CT molecular complexity index is 387. The molecule has 15 heavy (non-hydrogen) atoms. The van der Waals surface area contributed by atoms with Crippen molar-refractivity contribution in [2.45, 2.75) is 6.54 Å². The molecule has 0 saturated heterocycles. The number of benzene rings is 1. The van der Waals surface area contributed by atoms with E-state index in [-0.39, 0.29) is 6.61 Å². The number of terminal acetylenes is 1. The van der Waals surface area contributed by atoms with Crippen molar-refractivity contribution in [3.05, 3.63) is 29.8 Å². The number of nitrogens with one attached hydrogen (secondary N) is 1. The van der Waals surface area contributed by atoms with Gasteiger partial charge in [-0.3, -0.25) is 0 Å². The normalized spacial score (nSPS) is 8.93. The summed E-state index contributed by atoms with van der Waals surface area (Å²) in [6.07, 6.45) is 5.12. The van der Waals surface area contributed by atoms with Gasteiger partial charge in [-0.15, -0.1) is 6.42 Å². The summed E-state index contributed by atoms with van der Waals surface area (Å²) < 4.78 is 5.17. The summed E-state index contributed by atoms with van der Waals surface area (Å²) in [6, 6.07) is 9.50. The maximum Gasteiger partial charge on any atom is 0.174 e. The highest BCUT2D eigenvalue weighted by atomic mass is 16.5. The molecule has 0 aromatic heterocycles. The summed E-state index contributed by atoms with van der Waals surface area (Å²) in [7, 11) is 0. The fourth-order valence-electron chi connectivity index (χ4n) is 1.14. The van der Waals surface area contributed by atoms with Crippen LogP contribution in [0.2, 0.25) is 0 Å². The van der Waals surface area contributed by atoms with Crippen molar-refractivity contribution < 1.29 is 4.74 Å². The molecule has 3 heteroatoms. The summed E-state index contributed by atoms with van der Waals surface area (Å²) in [5, 5.41) is 11.4. The Balaban J connectivity index is 2.51. The molecule has 1 aromatic carbocycles. The predicted molar refractivity (Wildman–Crippen MR) is 58.1 cm³/mol. The zero-order chi connectivity index (χ0) is 10.9. The topological polar surface area (TPSA) is 45.0 Å². The molecule has 1 N–H and O–H groups in total. The van der Waals surface area contributed by atoms with Crippen LogP contribution in [0.5, 0.6) is 5.75 Å². The second-order valence-electron chi connectivity index (χ2n) is 2.90. The van der Waals surface area contributed by atoms with E-state index in [0.717, 1.165) is 5.56 Å². The van der Waals surface area contributed by atoms with Crippen molar-refractivity contribution in [3.8, 4) is 24.2 Å². The molecule has 1 rings (SSSR count). The smallest absolute Gasteiger partial charge is 0.174 e. The van der Waals surface area contributed by atoms with Crippen LogP contribution >= 0.6 is 0 Å². The van der Waals surface area contributed by atoms with Gasteiger partial charge < -0.3 is 10.1 Å². The Hall–Kier alpha value is -1.97. The van der Waals surface area contributed by atoms with E-state index in [1.165, 1.54) is 0 Å². The SMILES string of the molecule is C#CCNCc1cccc(OCC#N)c1. The lowest BCUT2D eigenvalue weighted by Crippen LogP contribution is -2.12. The van der Waals surface area contributed by atoms with Gasteiger partial charge in [0.1, 0.15) is 11.8 Å². The van der Waals surface area contributed by atoms with Crippen LogP contribution in [0.3, 0.4) is 0 Å². The Morgan fingerprint density at radius 1 is 1.47 bits per heavy atom. The Morgan fingerprint density at radius 3 is 3.07 bits per heavy atom. The van der Waals surface area contributed by atoms with Gasteiger partial charge in [0.05, 0.1) is 6.54 Å². The van der Waals surface area contributed by atoms with Gasteiger partial charge in [-0.25, -0.2) is 0 Å². The highest BCUT2D eigenvalue weighted by Crippen LogP contribution is 2.12. The average molecular weight is 200 g/mol. The van der Waals surface area contributed by atoms with Crippen LogP contribution in [-0.2, 0) is 6.54 Å². The summed E-state index contributed by atoms with van der Waals surface area (Å²) in [4.78, 5) is 0. The quantitative estimate of drug-likeness (QED) is 0.575. The van der Waals surface area contributed by atoms with Crippen LogP contribution in [0, 0.1) is 23.7 Å². The number of hydrogen-bond acceptors (Lipinski definition) is 3. The van der Waals surface area contributed by atoms with E-state index >= 15 is 0 Å². The number of nitrogens with zero attached hydrogens (tertiary/aromatic N) is 1. The van der Waals surface area contributed by atoms with Gasteiger partial charge in [-0.2, -0.15) is 5.26 Å². The van der Waals surface area contributed by atoms with Crippen molar-refractivity contribution in [1.82, 2.24) is 5.32 Å². The van der Waals surface area contributed by atoms with Gasteiger partial charge in [0.2, 0.25) is 0 Å². The van der Waals surface area contributed by atoms with E-state index in [1.807, 2.05) is 30.3 Å². The number of nitriles is 1. The molecule has 0 amide bonds. The lowest BCUT2D eigenvalue weighted by Gasteiger charge is -2.05. The lowest BCUT2D eigenvalue weighted by molar-refractivity contribution is 0.367. The third-order valence-corrected chi connectivity index (χ3v) is 1.76. The van der Waals surface area contributed by atoms with Crippen LogP contribution in [-0.4, -0.2) is 13.2 Å². The van der Waals surface area contributed by atoms with Gasteiger partial charge in [-0.05, 0) is 17.7 Å². The minimum Gasteiger partial charge on any atom is -0.479 e. The molecule has 0 bridgehead atoms. The number of rotatable bonds is 5. The first-order valence-electron chi connectivity index (χ1n) is 4.59. The Morgan fingerprint density at radius 2 is 2.33 bits per heavy atom. The number of hydrogen-bond donors (Lipinski definition) is 1. The standard InChI is InChI=1S/C12H12N2O/c1-2-7-14-10-11-4-3-5-12(9-11)15-8-6-13/h1,3-5,9,14H,7-8,10H2. The van der Waals surface area contributed by atoms with Crippen LogP contribution in [0.25, 0.3) is 0 Å². The highest BCUT2D eigenvalue weighted by Gasteiger charge is 1.95.